The van der Waals surface area contributed by atoms with Gasteiger partial charge in [0.2, 0.25) is 5.91 Å². The van der Waals surface area contributed by atoms with Gasteiger partial charge in [-0.2, -0.15) is 0 Å². The van der Waals surface area contributed by atoms with E-state index in [-0.39, 0.29) is 11.9 Å². The van der Waals surface area contributed by atoms with E-state index in [0.717, 1.165) is 41.3 Å². The molecular weight excluding hydrogens is 414 g/mol. The van der Waals surface area contributed by atoms with Crippen LogP contribution in [0.2, 0.25) is 0 Å². The first-order chi connectivity index (χ1) is 12.6. The average Bonchev–Trinajstić information content (AvgIpc) is 2.99. The zero-order valence-corrected chi connectivity index (χ0v) is 16.9. The van der Waals surface area contributed by atoms with Gasteiger partial charge in [-0.1, -0.05) is 28.1 Å². The summed E-state index contributed by atoms with van der Waals surface area (Å²) >= 11 is 4.88. The van der Waals surface area contributed by atoms with Crippen LogP contribution in [-0.4, -0.2) is 18.5 Å². The highest BCUT2D eigenvalue weighted by molar-refractivity contribution is 9.10. The van der Waals surface area contributed by atoms with Crippen LogP contribution in [0.15, 0.2) is 34.8 Å². The van der Waals surface area contributed by atoms with Gasteiger partial charge in [0.25, 0.3) is 0 Å². The lowest BCUT2D eigenvalue weighted by Gasteiger charge is -2.12. The molecule has 3 rings (SSSR count). The van der Waals surface area contributed by atoms with Crippen molar-refractivity contribution in [2.75, 3.05) is 11.9 Å². The molecule has 1 amide bonds. The molecule has 1 aromatic carbocycles. The Bertz CT molecular complexity index is 839. The smallest absolute Gasteiger partial charge is 0.341 e. The molecule has 0 radical (unpaired) electrons. The van der Waals surface area contributed by atoms with Crippen molar-refractivity contribution in [2.45, 2.75) is 32.6 Å². The van der Waals surface area contributed by atoms with Gasteiger partial charge in [0.1, 0.15) is 5.00 Å². The van der Waals surface area contributed by atoms with Crippen LogP contribution in [0.1, 0.15) is 46.1 Å². The second-order valence-corrected chi connectivity index (χ2v) is 8.03. The van der Waals surface area contributed by atoms with E-state index in [1.165, 1.54) is 22.3 Å². The van der Waals surface area contributed by atoms with Crippen molar-refractivity contribution in [3.63, 3.8) is 0 Å². The van der Waals surface area contributed by atoms with Gasteiger partial charge in [0.05, 0.1) is 12.2 Å². The topological polar surface area (TPSA) is 55.4 Å². The Kier molecular flexibility index (Phi) is 6.27. The molecule has 4 nitrogen and oxygen atoms in total. The molecule has 2 aromatic rings. The monoisotopic (exact) mass is 433 g/mol. The number of anilines is 1. The summed E-state index contributed by atoms with van der Waals surface area (Å²) in [6.07, 6.45) is 7.23. The van der Waals surface area contributed by atoms with Gasteiger partial charge >= 0.3 is 5.97 Å². The van der Waals surface area contributed by atoms with Crippen molar-refractivity contribution in [1.82, 2.24) is 0 Å². The molecule has 0 aliphatic heterocycles. The molecular formula is C20H20BrNO3S. The molecule has 0 saturated heterocycles. The molecule has 0 spiro atoms. The fourth-order valence-electron chi connectivity index (χ4n) is 2.97. The van der Waals surface area contributed by atoms with E-state index in [4.69, 9.17) is 4.74 Å². The highest BCUT2D eigenvalue weighted by atomic mass is 79.9. The molecule has 136 valence electrons. The van der Waals surface area contributed by atoms with E-state index in [2.05, 4.69) is 21.2 Å². The molecule has 0 bridgehead atoms. The summed E-state index contributed by atoms with van der Waals surface area (Å²) in [5.41, 5.74) is 2.52. The Morgan fingerprint density at radius 1 is 1.23 bits per heavy atom. The number of benzene rings is 1. The third-order valence-corrected chi connectivity index (χ3v) is 5.92. The number of rotatable bonds is 5. The molecule has 0 unspecified atom stereocenters. The summed E-state index contributed by atoms with van der Waals surface area (Å²) in [5, 5.41) is 3.47. The van der Waals surface area contributed by atoms with Crippen molar-refractivity contribution >= 4 is 50.2 Å². The second-order valence-electron chi connectivity index (χ2n) is 6.01. The summed E-state index contributed by atoms with van der Waals surface area (Å²) < 4.78 is 6.20. The van der Waals surface area contributed by atoms with Gasteiger partial charge in [-0.25, -0.2) is 4.79 Å². The number of carbonyl (C=O) groups excluding carboxylic acids is 2. The number of thiophene rings is 1. The highest BCUT2D eigenvalue weighted by Crippen LogP contribution is 2.38. The molecule has 1 aliphatic carbocycles. The number of esters is 1. The van der Waals surface area contributed by atoms with E-state index < -0.39 is 0 Å². The molecule has 6 heteroatoms. The molecule has 26 heavy (non-hydrogen) atoms. The second kappa shape index (κ2) is 8.64. The summed E-state index contributed by atoms with van der Waals surface area (Å²) in [5.74, 6) is -0.601. The van der Waals surface area contributed by atoms with Crippen LogP contribution in [0, 0.1) is 0 Å². The Balaban J connectivity index is 1.80. The summed E-state index contributed by atoms with van der Waals surface area (Å²) in [4.78, 5) is 25.9. The van der Waals surface area contributed by atoms with Crippen LogP contribution in [0.25, 0.3) is 6.08 Å². The molecule has 0 saturated carbocycles. The third kappa shape index (κ3) is 4.43. The van der Waals surface area contributed by atoms with Gasteiger partial charge in [-0.05, 0) is 61.9 Å². The number of hydrogen-bond donors (Lipinski definition) is 1. The standard InChI is InChI=1S/C20H20BrNO3S/c1-2-25-20(24)18-15-5-3-4-6-16(15)26-19(18)22-17(23)12-9-13-7-10-14(21)11-8-13/h7-12H,2-6H2,1H3,(H,22,23)/b12-9+. The Hall–Kier alpha value is -1.92. The number of halogens is 1. The molecule has 0 fully saturated rings. The maximum absolute atomic E-state index is 12.4. The minimum absolute atomic E-state index is 0.253. The fourth-order valence-corrected chi connectivity index (χ4v) is 4.52. The number of carbonyl (C=O) groups is 2. The van der Waals surface area contributed by atoms with Gasteiger partial charge < -0.3 is 10.1 Å². The Morgan fingerprint density at radius 2 is 1.96 bits per heavy atom. The van der Waals surface area contributed by atoms with E-state index in [0.29, 0.717) is 17.2 Å². The van der Waals surface area contributed by atoms with Crippen LogP contribution in [0.5, 0.6) is 0 Å². The number of fused-ring (bicyclic) bond motifs is 1. The number of hydrogen-bond acceptors (Lipinski definition) is 4. The fraction of sp³-hybridized carbons (Fsp3) is 0.300. The minimum atomic E-state index is -0.348. The summed E-state index contributed by atoms with van der Waals surface area (Å²) in [7, 11) is 0. The van der Waals surface area contributed by atoms with Crippen molar-refractivity contribution < 1.29 is 14.3 Å². The maximum Gasteiger partial charge on any atom is 0.341 e. The SMILES string of the molecule is CCOC(=O)c1c(NC(=O)/C=C/c2ccc(Br)cc2)sc2c1CCCC2. The molecule has 1 N–H and O–H groups in total. The van der Waals surface area contributed by atoms with E-state index >= 15 is 0 Å². The quantitative estimate of drug-likeness (QED) is 0.519. The maximum atomic E-state index is 12.4. The van der Waals surface area contributed by atoms with Crippen LogP contribution < -0.4 is 5.32 Å². The first-order valence-electron chi connectivity index (χ1n) is 8.64. The lowest BCUT2D eigenvalue weighted by atomic mass is 9.95. The van der Waals surface area contributed by atoms with Crippen molar-refractivity contribution in [1.29, 1.82) is 0 Å². The third-order valence-electron chi connectivity index (χ3n) is 4.18. The van der Waals surface area contributed by atoms with Crippen LogP contribution in [-0.2, 0) is 22.4 Å². The Labute approximate surface area is 165 Å². The van der Waals surface area contributed by atoms with E-state index in [9.17, 15) is 9.59 Å². The number of amides is 1. The number of aryl methyl sites for hydroxylation is 1. The first-order valence-corrected chi connectivity index (χ1v) is 10.3. The zero-order chi connectivity index (χ0) is 18.5. The minimum Gasteiger partial charge on any atom is -0.462 e. The predicted octanol–water partition coefficient (Wildman–Crippen LogP) is 5.22. The highest BCUT2D eigenvalue weighted by Gasteiger charge is 2.26. The molecule has 1 heterocycles. The molecule has 1 aliphatic rings. The number of nitrogens with one attached hydrogen (secondary N) is 1. The van der Waals surface area contributed by atoms with E-state index in [1.54, 1.807) is 13.0 Å². The number of ether oxygens (including phenoxy) is 1. The van der Waals surface area contributed by atoms with Gasteiger partial charge in [0, 0.05) is 15.4 Å². The lowest BCUT2D eigenvalue weighted by molar-refractivity contribution is -0.111. The van der Waals surface area contributed by atoms with Crippen molar-refractivity contribution in [3.05, 3.63) is 56.4 Å². The molecule has 1 aromatic heterocycles. The Morgan fingerprint density at radius 3 is 2.69 bits per heavy atom. The van der Waals surface area contributed by atoms with E-state index in [1.807, 2.05) is 24.3 Å². The average molecular weight is 434 g/mol. The van der Waals surface area contributed by atoms with Crippen molar-refractivity contribution in [3.8, 4) is 0 Å². The normalized spacial score (nSPS) is 13.5. The van der Waals surface area contributed by atoms with Gasteiger partial charge in [0.15, 0.2) is 0 Å². The largest absolute Gasteiger partial charge is 0.462 e. The van der Waals surface area contributed by atoms with Crippen LogP contribution in [0.4, 0.5) is 5.00 Å². The van der Waals surface area contributed by atoms with Gasteiger partial charge in [-0.15, -0.1) is 11.3 Å². The van der Waals surface area contributed by atoms with Crippen LogP contribution in [0.3, 0.4) is 0 Å². The molecule has 0 atom stereocenters. The van der Waals surface area contributed by atoms with Gasteiger partial charge in [-0.3, -0.25) is 4.79 Å². The first kappa shape index (κ1) is 18.9. The zero-order valence-electron chi connectivity index (χ0n) is 14.5. The lowest BCUT2D eigenvalue weighted by Crippen LogP contribution is -2.14. The van der Waals surface area contributed by atoms with Crippen molar-refractivity contribution in [2.24, 2.45) is 0 Å². The predicted molar refractivity (Wildman–Crippen MR) is 109 cm³/mol. The summed E-state index contributed by atoms with van der Waals surface area (Å²) in [6.45, 7) is 2.11. The van der Waals surface area contributed by atoms with Crippen LogP contribution >= 0.6 is 27.3 Å². The summed E-state index contributed by atoms with van der Waals surface area (Å²) in [6, 6.07) is 7.68.